The van der Waals surface area contributed by atoms with Crippen LogP contribution in [0.2, 0.25) is 0 Å². The SMILES string of the molecule is CN=C1C=C(SCCC=O)C(=O)c2ccccc21. The molecule has 1 aliphatic carbocycles. The van der Waals surface area contributed by atoms with Gasteiger partial charge in [-0.2, -0.15) is 0 Å². The van der Waals surface area contributed by atoms with Crippen LogP contribution in [-0.4, -0.2) is 30.6 Å². The standard InChI is InChI=1S/C14H13NO2S/c1-15-12-9-13(18-8-4-7-16)14(17)11-6-3-2-5-10(11)12/h2-3,5-7,9H,4,8H2,1H3. The molecule has 4 heteroatoms. The molecule has 0 aliphatic heterocycles. The molecule has 0 radical (unpaired) electrons. The highest BCUT2D eigenvalue weighted by Gasteiger charge is 2.23. The largest absolute Gasteiger partial charge is 0.303 e. The van der Waals surface area contributed by atoms with E-state index in [-0.39, 0.29) is 5.78 Å². The van der Waals surface area contributed by atoms with Gasteiger partial charge in [-0.3, -0.25) is 9.79 Å². The van der Waals surface area contributed by atoms with Crippen molar-refractivity contribution in [3.63, 3.8) is 0 Å². The highest BCUT2D eigenvalue weighted by molar-refractivity contribution is 8.04. The van der Waals surface area contributed by atoms with Crippen LogP contribution >= 0.6 is 11.8 Å². The zero-order chi connectivity index (χ0) is 13.0. The van der Waals surface area contributed by atoms with E-state index in [2.05, 4.69) is 4.99 Å². The predicted molar refractivity (Wildman–Crippen MR) is 74.5 cm³/mol. The Hall–Kier alpha value is -1.68. The number of hydrogen-bond donors (Lipinski definition) is 0. The number of thioether (sulfide) groups is 1. The molecule has 0 amide bonds. The first-order valence-electron chi connectivity index (χ1n) is 5.67. The average Bonchev–Trinajstić information content (AvgIpc) is 2.42. The zero-order valence-electron chi connectivity index (χ0n) is 10.1. The van der Waals surface area contributed by atoms with Gasteiger partial charge in [0.15, 0.2) is 5.78 Å². The summed E-state index contributed by atoms with van der Waals surface area (Å²) in [6, 6.07) is 7.47. The number of ketones is 1. The number of benzene rings is 1. The number of aldehydes is 1. The number of aliphatic imine (C=N–C) groups is 1. The second kappa shape index (κ2) is 5.78. The third kappa shape index (κ3) is 2.43. The molecule has 2 rings (SSSR count). The lowest BCUT2D eigenvalue weighted by molar-refractivity contribution is -0.107. The summed E-state index contributed by atoms with van der Waals surface area (Å²) >= 11 is 1.41. The van der Waals surface area contributed by atoms with Crippen LogP contribution in [0.15, 0.2) is 40.2 Å². The van der Waals surface area contributed by atoms with Crippen molar-refractivity contribution in [3.05, 3.63) is 46.4 Å². The van der Waals surface area contributed by atoms with E-state index in [9.17, 15) is 9.59 Å². The van der Waals surface area contributed by atoms with Crippen LogP contribution in [0.3, 0.4) is 0 Å². The molecule has 1 aliphatic rings. The van der Waals surface area contributed by atoms with Gasteiger partial charge in [-0.15, -0.1) is 11.8 Å². The van der Waals surface area contributed by atoms with E-state index >= 15 is 0 Å². The lowest BCUT2D eigenvalue weighted by Crippen LogP contribution is -2.16. The minimum Gasteiger partial charge on any atom is -0.303 e. The van der Waals surface area contributed by atoms with Crippen LogP contribution in [0.1, 0.15) is 22.3 Å². The zero-order valence-corrected chi connectivity index (χ0v) is 10.9. The molecule has 1 aromatic rings. The van der Waals surface area contributed by atoms with Gasteiger partial charge in [0.05, 0.1) is 10.6 Å². The van der Waals surface area contributed by atoms with Crippen molar-refractivity contribution in [2.45, 2.75) is 6.42 Å². The quantitative estimate of drug-likeness (QED) is 0.616. The normalized spacial score (nSPS) is 16.4. The molecule has 0 atom stereocenters. The molecule has 92 valence electrons. The number of allylic oxidation sites excluding steroid dienone is 2. The molecule has 1 aromatic carbocycles. The van der Waals surface area contributed by atoms with E-state index in [0.717, 1.165) is 17.6 Å². The summed E-state index contributed by atoms with van der Waals surface area (Å²) in [5, 5.41) is 0. The first kappa shape index (κ1) is 12.8. The van der Waals surface area contributed by atoms with Gasteiger partial charge >= 0.3 is 0 Å². The molecule has 0 spiro atoms. The van der Waals surface area contributed by atoms with Gasteiger partial charge in [0.1, 0.15) is 6.29 Å². The molecule has 0 unspecified atom stereocenters. The molecule has 0 fully saturated rings. The monoisotopic (exact) mass is 259 g/mol. The van der Waals surface area contributed by atoms with E-state index < -0.39 is 0 Å². The highest BCUT2D eigenvalue weighted by atomic mass is 32.2. The van der Waals surface area contributed by atoms with Gasteiger partial charge in [-0.05, 0) is 6.08 Å². The lowest BCUT2D eigenvalue weighted by Gasteiger charge is -2.16. The van der Waals surface area contributed by atoms with Crippen LogP contribution in [0.5, 0.6) is 0 Å². The fourth-order valence-electron chi connectivity index (χ4n) is 1.81. The fraction of sp³-hybridized carbons (Fsp3) is 0.214. The van der Waals surface area contributed by atoms with Gasteiger partial charge in [0.25, 0.3) is 0 Å². The highest BCUT2D eigenvalue weighted by Crippen LogP contribution is 2.28. The smallest absolute Gasteiger partial charge is 0.200 e. The second-order valence-electron chi connectivity index (χ2n) is 3.80. The van der Waals surface area contributed by atoms with Crippen molar-refractivity contribution in [1.29, 1.82) is 0 Å². The Bertz CT molecular complexity index is 546. The summed E-state index contributed by atoms with van der Waals surface area (Å²) < 4.78 is 0. The fourth-order valence-corrected chi connectivity index (χ4v) is 2.68. The number of carbonyl (C=O) groups excluding carboxylic acids is 2. The second-order valence-corrected chi connectivity index (χ2v) is 4.93. The lowest BCUT2D eigenvalue weighted by atomic mass is 9.94. The van der Waals surface area contributed by atoms with Gasteiger partial charge in [-0.25, -0.2) is 0 Å². The Morgan fingerprint density at radius 2 is 2.00 bits per heavy atom. The van der Waals surface area contributed by atoms with Crippen molar-refractivity contribution in [1.82, 2.24) is 0 Å². The maximum atomic E-state index is 12.2. The number of carbonyl (C=O) groups is 2. The predicted octanol–water partition coefficient (Wildman–Crippen LogP) is 2.51. The summed E-state index contributed by atoms with van der Waals surface area (Å²) in [4.78, 5) is 27.4. The molecule has 0 bridgehead atoms. The molecular weight excluding hydrogens is 246 g/mol. The van der Waals surface area contributed by atoms with E-state index in [1.54, 1.807) is 13.1 Å². The summed E-state index contributed by atoms with van der Waals surface area (Å²) in [5.41, 5.74) is 2.39. The Morgan fingerprint density at radius 3 is 2.67 bits per heavy atom. The number of fused-ring (bicyclic) bond motifs is 1. The van der Waals surface area contributed by atoms with Gasteiger partial charge < -0.3 is 4.79 Å². The Morgan fingerprint density at radius 1 is 1.28 bits per heavy atom. The average molecular weight is 259 g/mol. The third-order valence-electron chi connectivity index (χ3n) is 2.67. The molecule has 18 heavy (non-hydrogen) atoms. The van der Waals surface area contributed by atoms with Crippen LogP contribution in [-0.2, 0) is 4.79 Å². The number of hydrogen-bond acceptors (Lipinski definition) is 4. The molecule has 0 aromatic heterocycles. The van der Waals surface area contributed by atoms with Crippen LogP contribution in [0, 0.1) is 0 Å². The van der Waals surface area contributed by atoms with Crippen molar-refractivity contribution in [2.24, 2.45) is 4.99 Å². The van der Waals surface area contributed by atoms with E-state index in [1.807, 2.05) is 24.3 Å². The van der Waals surface area contributed by atoms with Crippen LogP contribution in [0.4, 0.5) is 0 Å². The summed E-state index contributed by atoms with van der Waals surface area (Å²) in [6.45, 7) is 0. The van der Waals surface area contributed by atoms with Crippen LogP contribution < -0.4 is 0 Å². The summed E-state index contributed by atoms with van der Waals surface area (Å²) in [6.07, 6.45) is 3.12. The number of rotatable bonds is 4. The Labute approximate surface area is 110 Å². The Kier molecular flexibility index (Phi) is 4.10. The minimum atomic E-state index is 0.0221. The Balaban J connectivity index is 2.33. The first-order valence-corrected chi connectivity index (χ1v) is 6.65. The topological polar surface area (TPSA) is 46.5 Å². The number of Topliss-reactive ketones (excluding diaryl/α,β-unsaturated/α-hetero) is 1. The van der Waals surface area contributed by atoms with Gasteiger partial charge in [0, 0.05) is 30.3 Å². The van der Waals surface area contributed by atoms with Crippen molar-refractivity contribution < 1.29 is 9.59 Å². The maximum Gasteiger partial charge on any atom is 0.200 e. The molecule has 0 saturated heterocycles. The maximum absolute atomic E-state index is 12.2. The van der Waals surface area contributed by atoms with Crippen LogP contribution in [0.25, 0.3) is 0 Å². The third-order valence-corrected chi connectivity index (χ3v) is 3.73. The molecule has 0 saturated carbocycles. The van der Waals surface area contributed by atoms with Crippen molar-refractivity contribution in [2.75, 3.05) is 12.8 Å². The van der Waals surface area contributed by atoms with Crippen molar-refractivity contribution in [3.8, 4) is 0 Å². The molecule has 0 N–H and O–H groups in total. The van der Waals surface area contributed by atoms with E-state index in [1.165, 1.54) is 11.8 Å². The van der Waals surface area contributed by atoms with E-state index in [4.69, 9.17) is 0 Å². The molecular formula is C14H13NO2S. The molecule has 3 nitrogen and oxygen atoms in total. The number of nitrogens with zero attached hydrogens (tertiary/aromatic N) is 1. The summed E-state index contributed by atoms with van der Waals surface area (Å²) in [5.74, 6) is 0.647. The van der Waals surface area contributed by atoms with Gasteiger partial charge in [-0.1, -0.05) is 24.3 Å². The summed E-state index contributed by atoms with van der Waals surface area (Å²) in [7, 11) is 1.71. The first-order chi connectivity index (χ1) is 8.77. The molecule has 0 heterocycles. The van der Waals surface area contributed by atoms with E-state index in [0.29, 0.717) is 22.6 Å². The van der Waals surface area contributed by atoms with Crippen molar-refractivity contribution >= 4 is 29.5 Å². The van der Waals surface area contributed by atoms with Gasteiger partial charge in [0.2, 0.25) is 0 Å². The minimum absolute atomic E-state index is 0.0221.